The Kier molecular flexibility index (Phi) is 2.15. The summed E-state index contributed by atoms with van der Waals surface area (Å²) in [5.41, 5.74) is 1.10. The van der Waals surface area contributed by atoms with Crippen LogP contribution in [0, 0.1) is 3.70 Å². The molecule has 1 aromatic heterocycles. The summed E-state index contributed by atoms with van der Waals surface area (Å²) in [4.78, 5) is 0. The lowest BCUT2D eigenvalue weighted by Crippen LogP contribution is -1.90. The van der Waals surface area contributed by atoms with E-state index in [1.54, 1.807) is 7.11 Å². The largest absolute Gasteiger partial charge is 0.497 e. The third-order valence-electron chi connectivity index (χ3n) is 2.01. The first-order valence-electron chi connectivity index (χ1n) is 3.88. The SMILES string of the molecule is COc1ccc2c(I)nn(C)c2c1. The van der Waals surface area contributed by atoms with E-state index in [-0.39, 0.29) is 0 Å². The molecule has 0 amide bonds. The van der Waals surface area contributed by atoms with Gasteiger partial charge in [-0.3, -0.25) is 4.68 Å². The van der Waals surface area contributed by atoms with Crippen LogP contribution in [-0.4, -0.2) is 16.9 Å². The summed E-state index contributed by atoms with van der Waals surface area (Å²) >= 11 is 2.23. The fourth-order valence-corrected chi connectivity index (χ4v) is 2.10. The average molecular weight is 288 g/mol. The highest BCUT2D eigenvalue weighted by Gasteiger charge is 2.05. The average Bonchev–Trinajstić information content (AvgIpc) is 2.42. The highest BCUT2D eigenvalue weighted by atomic mass is 127. The predicted molar refractivity (Wildman–Crippen MR) is 60.0 cm³/mol. The molecule has 0 bridgehead atoms. The topological polar surface area (TPSA) is 27.1 Å². The van der Waals surface area contributed by atoms with E-state index in [9.17, 15) is 0 Å². The van der Waals surface area contributed by atoms with Crippen molar-refractivity contribution in [3.05, 3.63) is 21.9 Å². The summed E-state index contributed by atoms with van der Waals surface area (Å²) in [6.45, 7) is 0. The molecule has 3 nitrogen and oxygen atoms in total. The third-order valence-corrected chi connectivity index (χ3v) is 2.81. The van der Waals surface area contributed by atoms with Gasteiger partial charge in [0.25, 0.3) is 0 Å². The van der Waals surface area contributed by atoms with Crippen LogP contribution in [0.15, 0.2) is 18.2 Å². The number of aryl methyl sites for hydroxylation is 1. The van der Waals surface area contributed by atoms with E-state index in [2.05, 4.69) is 27.7 Å². The Bertz CT molecular complexity index is 450. The maximum atomic E-state index is 5.14. The molecule has 68 valence electrons. The lowest BCUT2D eigenvalue weighted by Gasteiger charge is -1.99. The molecule has 1 aromatic carbocycles. The van der Waals surface area contributed by atoms with Gasteiger partial charge in [-0.2, -0.15) is 5.10 Å². The number of fused-ring (bicyclic) bond motifs is 1. The Hall–Kier alpha value is -0.780. The molecular weight excluding hydrogens is 279 g/mol. The normalized spacial score (nSPS) is 10.7. The zero-order valence-corrected chi connectivity index (χ0v) is 9.57. The molecule has 1 heterocycles. The van der Waals surface area contributed by atoms with Crippen LogP contribution in [0.4, 0.5) is 0 Å². The van der Waals surface area contributed by atoms with Crippen LogP contribution in [0.1, 0.15) is 0 Å². The maximum absolute atomic E-state index is 5.14. The predicted octanol–water partition coefficient (Wildman–Crippen LogP) is 2.19. The van der Waals surface area contributed by atoms with Gasteiger partial charge in [0.15, 0.2) is 0 Å². The smallest absolute Gasteiger partial charge is 0.131 e. The van der Waals surface area contributed by atoms with Crippen LogP contribution < -0.4 is 4.74 Å². The van der Waals surface area contributed by atoms with Gasteiger partial charge in [0, 0.05) is 18.5 Å². The van der Waals surface area contributed by atoms with Crippen molar-refractivity contribution in [1.82, 2.24) is 9.78 Å². The van der Waals surface area contributed by atoms with Crippen molar-refractivity contribution in [2.75, 3.05) is 7.11 Å². The van der Waals surface area contributed by atoms with E-state index in [1.807, 2.05) is 29.9 Å². The number of hydrogen-bond donors (Lipinski definition) is 0. The van der Waals surface area contributed by atoms with Gasteiger partial charge in [-0.05, 0) is 34.7 Å². The van der Waals surface area contributed by atoms with Crippen LogP contribution in [0.5, 0.6) is 5.75 Å². The van der Waals surface area contributed by atoms with E-state index in [4.69, 9.17) is 4.74 Å². The van der Waals surface area contributed by atoms with E-state index in [0.717, 1.165) is 15.0 Å². The molecular formula is C9H9IN2O. The Morgan fingerprint density at radius 2 is 2.23 bits per heavy atom. The van der Waals surface area contributed by atoms with Crippen molar-refractivity contribution in [3.8, 4) is 5.75 Å². The van der Waals surface area contributed by atoms with E-state index >= 15 is 0 Å². The summed E-state index contributed by atoms with van der Waals surface area (Å²) in [5.74, 6) is 0.868. The molecule has 0 atom stereocenters. The molecule has 13 heavy (non-hydrogen) atoms. The van der Waals surface area contributed by atoms with Crippen molar-refractivity contribution >= 4 is 33.5 Å². The fourth-order valence-electron chi connectivity index (χ4n) is 1.32. The molecule has 0 radical (unpaired) electrons. The lowest BCUT2D eigenvalue weighted by molar-refractivity contribution is 0.415. The minimum atomic E-state index is 0.868. The first-order chi connectivity index (χ1) is 6.22. The number of nitrogens with zero attached hydrogens (tertiary/aromatic N) is 2. The summed E-state index contributed by atoms with van der Waals surface area (Å²) in [6, 6.07) is 5.97. The summed E-state index contributed by atoms with van der Waals surface area (Å²) < 4.78 is 8.03. The van der Waals surface area contributed by atoms with Crippen LogP contribution in [0.3, 0.4) is 0 Å². The molecule has 0 fully saturated rings. The molecule has 4 heteroatoms. The van der Waals surface area contributed by atoms with Crippen LogP contribution in [0.25, 0.3) is 10.9 Å². The van der Waals surface area contributed by atoms with Crippen LogP contribution in [-0.2, 0) is 7.05 Å². The van der Waals surface area contributed by atoms with E-state index in [0.29, 0.717) is 0 Å². The van der Waals surface area contributed by atoms with Gasteiger partial charge in [-0.15, -0.1) is 0 Å². The Labute approximate surface area is 89.8 Å². The number of hydrogen-bond acceptors (Lipinski definition) is 2. The Morgan fingerprint density at radius 3 is 2.92 bits per heavy atom. The van der Waals surface area contributed by atoms with Gasteiger partial charge in [-0.1, -0.05) is 0 Å². The number of ether oxygens (including phenoxy) is 1. The van der Waals surface area contributed by atoms with Crippen molar-refractivity contribution in [3.63, 3.8) is 0 Å². The molecule has 2 rings (SSSR count). The third kappa shape index (κ3) is 1.39. The van der Waals surface area contributed by atoms with Gasteiger partial charge < -0.3 is 4.74 Å². The molecule has 2 aromatic rings. The molecule has 0 aliphatic carbocycles. The number of halogens is 1. The first-order valence-corrected chi connectivity index (χ1v) is 4.96. The number of benzene rings is 1. The van der Waals surface area contributed by atoms with Crippen molar-refractivity contribution in [2.45, 2.75) is 0 Å². The van der Waals surface area contributed by atoms with Crippen LogP contribution in [0.2, 0.25) is 0 Å². The van der Waals surface area contributed by atoms with Crippen molar-refractivity contribution in [1.29, 1.82) is 0 Å². The van der Waals surface area contributed by atoms with Gasteiger partial charge in [0.2, 0.25) is 0 Å². The standard InChI is InChI=1S/C9H9IN2O/c1-12-8-5-6(13-2)3-4-7(8)9(10)11-12/h3-5H,1-2H3. The van der Waals surface area contributed by atoms with Crippen molar-refractivity contribution < 1.29 is 4.74 Å². The second-order valence-electron chi connectivity index (χ2n) is 2.80. The lowest BCUT2D eigenvalue weighted by atomic mass is 10.2. The fraction of sp³-hybridized carbons (Fsp3) is 0.222. The molecule has 0 saturated carbocycles. The summed E-state index contributed by atoms with van der Waals surface area (Å²) in [6.07, 6.45) is 0. The van der Waals surface area contributed by atoms with E-state index < -0.39 is 0 Å². The van der Waals surface area contributed by atoms with Gasteiger partial charge in [0.1, 0.15) is 9.45 Å². The second kappa shape index (κ2) is 3.17. The van der Waals surface area contributed by atoms with Gasteiger partial charge >= 0.3 is 0 Å². The molecule has 0 spiro atoms. The highest BCUT2D eigenvalue weighted by Crippen LogP contribution is 2.23. The number of rotatable bonds is 1. The second-order valence-corrected chi connectivity index (χ2v) is 3.82. The Balaban J connectivity index is 2.76. The quantitative estimate of drug-likeness (QED) is 0.752. The molecule has 0 aliphatic rings. The molecule has 0 unspecified atom stereocenters. The molecule has 0 N–H and O–H groups in total. The monoisotopic (exact) mass is 288 g/mol. The van der Waals surface area contributed by atoms with Gasteiger partial charge in [0.05, 0.1) is 12.6 Å². The Morgan fingerprint density at radius 1 is 1.46 bits per heavy atom. The zero-order valence-electron chi connectivity index (χ0n) is 7.41. The molecule has 0 saturated heterocycles. The minimum absolute atomic E-state index is 0.868. The highest BCUT2D eigenvalue weighted by molar-refractivity contribution is 14.1. The first kappa shape index (κ1) is 8.80. The summed E-state index contributed by atoms with van der Waals surface area (Å²) in [7, 11) is 3.60. The van der Waals surface area contributed by atoms with Crippen LogP contribution >= 0.6 is 22.6 Å². The summed E-state index contributed by atoms with van der Waals surface area (Å²) in [5, 5.41) is 5.48. The zero-order chi connectivity index (χ0) is 9.42. The minimum Gasteiger partial charge on any atom is -0.497 e. The van der Waals surface area contributed by atoms with Gasteiger partial charge in [-0.25, -0.2) is 0 Å². The number of methoxy groups -OCH3 is 1. The van der Waals surface area contributed by atoms with E-state index in [1.165, 1.54) is 5.39 Å². The molecule has 0 aliphatic heterocycles. The van der Waals surface area contributed by atoms with Crippen molar-refractivity contribution in [2.24, 2.45) is 7.05 Å². The maximum Gasteiger partial charge on any atom is 0.131 e. The number of aromatic nitrogens is 2.